The molecule has 10 heteroatoms. The number of carbonyl (C=O) groups is 2. The van der Waals surface area contributed by atoms with E-state index in [2.05, 4.69) is 148 Å². The summed E-state index contributed by atoms with van der Waals surface area (Å²) in [4.78, 5) is 35.4. The summed E-state index contributed by atoms with van der Waals surface area (Å²) in [6, 6.07) is 0. The van der Waals surface area contributed by atoms with Crippen LogP contribution in [0, 0.1) is 0 Å². The Labute approximate surface area is 561 Å². The van der Waals surface area contributed by atoms with Crippen LogP contribution in [0.15, 0.2) is 134 Å². The van der Waals surface area contributed by atoms with Crippen LogP contribution >= 0.6 is 7.82 Å². The van der Waals surface area contributed by atoms with Gasteiger partial charge in [0.2, 0.25) is 0 Å². The van der Waals surface area contributed by atoms with Gasteiger partial charge in [-0.3, -0.25) is 18.6 Å². The minimum atomic E-state index is -4.41. The second-order valence-corrected chi connectivity index (χ2v) is 26.2. The molecule has 0 radical (unpaired) electrons. The van der Waals surface area contributed by atoms with Crippen LogP contribution < -0.4 is 5.73 Å². The maximum absolute atomic E-state index is 12.8. The lowest BCUT2D eigenvalue weighted by molar-refractivity contribution is -0.161. The van der Waals surface area contributed by atoms with E-state index in [9.17, 15) is 19.0 Å². The lowest BCUT2D eigenvalue weighted by atomic mass is 10.0. The van der Waals surface area contributed by atoms with E-state index in [1.54, 1.807) is 0 Å². The van der Waals surface area contributed by atoms with Crippen molar-refractivity contribution in [3.8, 4) is 0 Å². The molecule has 0 heterocycles. The molecule has 0 rings (SSSR count). The first-order valence-corrected chi connectivity index (χ1v) is 39.2. The number of ether oxygens (including phenoxy) is 2. The van der Waals surface area contributed by atoms with Gasteiger partial charge in [0.1, 0.15) is 6.61 Å². The predicted molar refractivity (Wildman–Crippen MR) is 394 cm³/mol. The third-order valence-corrected chi connectivity index (χ3v) is 17.0. The summed E-state index contributed by atoms with van der Waals surface area (Å²) in [5, 5.41) is 0. The van der Waals surface area contributed by atoms with Crippen LogP contribution in [0.3, 0.4) is 0 Å². The summed E-state index contributed by atoms with van der Waals surface area (Å²) in [6.45, 7) is 3.62. The monoisotopic (exact) mass is 1290 g/mol. The van der Waals surface area contributed by atoms with E-state index < -0.39 is 26.5 Å². The highest BCUT2D eigenvalue weighted by atomic mass is 31.2. The standard InChI is InChI=1S/C81H140NO8P/c1-3-5-7-9-11-13-15-17-19-21-23-25-27-29-31-33-35-37-38-39-40-42-44-46-48-50-52-54-56-58-60-62-64-66-68-70-72-74-81(84)90-79(78-89-91(85,86)88-76-75-82)77-87-80(83)73-71-69-67-65-63-61-59-57-55-53-51-49-47-45-43-41-36-34-32-30-28-26-24-22-20-18-16-14-12-10-8-6-4-2/h5,7,11,13,17,19,23,25,29,31,35,37,39-40,44,46,50,52,56,58,62,64,79H,3-4,6,8-10,12,14-16,18,20-22,24,26-28,30,32-34,36,38,41-43,45,47-49,51,53-55,57,59-61,63,65-78,82H2,1-2H3,(H,85,86)/b7-5-,13-11-,19-17-,25-23-,31-29-,37-35-,40-39-,46-44-,52-50-,58-56-,64-62-. The molecule has 0 aromatic carbocycles. The summed E-state index contributed by atoms with van der Waals surface area (Å²) in [6.07, 6.45) is 107. The first kappa shape index (κ1) is 87.2. The number of unbranched alkanes of at least 4 members (excludes halogenated alkanes) is 35. The van der Waals surface area contributed by atoms with Crippen LogP contribution in [0.25, 0.3) is 0 Å². The van der Waals surface area contributed by atoms with Gasteiger partial charge in [0.15, 0.2) is 6.10 Å². The zero-order valence-corrected chi connectivity index (χ0v) is 59.7. The van der Waals surface area contributed by atoms with Crippen molar-refractivity contribution >= 4 is 19.8 Å². The highest BCUT2D eigenvalue weighted by Gasteiger charge is 2.26. The molecule has 0 aliphatic heterocycles. The van der Waals surface area contributed by atoms with Crippen LogP contribution in [0.1, 0.15) is 335 Å². The highest BCUT2D eigenvalue weighted by Crippen LogP contribution is 2.43. The van der Waals surface area contributed by atoms with Gasteiger partial charge in [-0.15, -0.1) is 0 Å². The van der Waals surface area contributed by atoms with E-state index in [4.69, 9.17) is 24.3 Å². The number of rotatable bonds is 70. The molecular formula is C81H140NO8P. The second kappa shape index (κ2) is 75.2. The Morgan fingerprint density at radius 3 is 0.901 bits per heavy atom. The largest absolute Gasteiger partial charge is 0.472 e. The van der Waals surface area contributed by atoms with E-state index in [0.717, 1.165) is 109 Å². The zero-order valence-electron chi connectivity index (χ0n) is 58.8. The average molecular weight is 1290 g/mol. The van der Waals surface area contributed by atoms with Gasteiger partial charge in [-0.2, -0.15) is 0 Å². The summed E-state index contributed by atoms with van der Waals surface area (Å²) >= 11 is 0. The minimum Gasteiger partial charge on any atom is -0.462 e. The molecule has 0 aromatic heterocycles. The van der Waals surface area contributed by atoms with E-state index in [-0.39, 0.29) is 38.6 Å². The maximum atomic E-state index is 12.8. The molecule has 0 bridgehead atoms. The van der Waals surface area contributed by atoms with E-state index >= 15 is 0 Å². The Kier molecular flexibility index (Phi) is 72.0. The van der Waals surface area contributed by atoms with Crippen LogP contribution in [0.4, 0.5) is 0 Å². The zero-order chi connectivity index (χ0) is 65.8. The fourth-order valence-corrected chi connectivity index (χ4v) is 11.3. The maximum Gasteiger partial charge on any atom is 0.472 e. The SMILES string of the molecule is CC/C=C\C/C=C\C/C=C\C/C=C\C/C=C\C/C=C\C/C=C\C/C=C\C/C=C\C/C=C\C/C=C\CCCCCC(=O)OC(COC(=O)CCCCCCCCCCCCCCCCCCCCCCCCCCCCCCCCCCC)COP(=O)(O)OCCN. The van der Waals surface area contributed by atoms with Crippen LogP contribution in [0.2, 0.25) is 0 Å². The third-order valence-electron chi connectivity index (χ3n) is 16.1. The molecule has 0 aliphatic rings. The Morgan fingerprint density at radius 1 is 0.341 bits per heavy atom. The van der Waals surface area contributed by atoms with Crippen molar-refractivity contribution in [1.82, 2.24) is 0 Å². The molecule has 0 aliphatic carbocycles. The molecule has 3 N–H and O–H groups in total. The molecule has 0 saturated heterocycles. The molecule has 0 fully saturated rings. The number of hydrogen-bond donors (Lipinski definition) is 2. The van der Waals surface area contributed by atoms with Crippen molar-refractivity contribution < 1.29 is 37.6 Å². The Bertz CT molecular complexity index is 1960. The van der Waals surface area contributed by atoms with Gasteiger partial charge in [-0.25, -0.2) is 4.57 Å². The Morgan fingerprint density at radius 2 is 0.604 bits per heavy atom. The number of hydrogen-bond acceptors (Lipinski definition) is 8. The smallest absolute Gasteiger partial charge is 0.462 e. The molecule has 522 valence electrons. The normalized spacial score (nSPS) is 13.7. The molecule has 9 nitrogen and oxygen atoms in total. The predicted octanol–water partition coefficient (Wildman–Crippen LogP) is 25.2. The third kappa shape index (κ3) is 75.1. The topological polar surface area (TPSA) is 134 Å². The van der Waals surface area contributed by atoms with Crippen LogP contribution in [-0.4, -0.2) is 49.3 Å². The molecular weight excluding hydrogens is 1150 g/mol. The molecule has 91 heavy (non-hydrogen) atoms. The minimum absolute atomic E-state index is 0.0423. The summed E-state index contributed by atoms with van der Waals surface area (Å²) in [7, 11) is -4.41. The number of nitrogens with two attached hydrogens (primary N) is 1. The van der Waals surface area contributed by atoms with E-state index in [1.807, 2.05) is 0 Å². The van der Waals surface area contributed by atoms with Gasteiger partial charge in [0.05, 0.1) is 13.2 Å². The summed E-state index contributed by atoms with van der Waals surface area (Å²) in [5.41, 5.74) is 5.40. The first-order valence-electron chi connectivity index (χ1n) is 37.7. The molecule has 2 unspecified atom stereocenters. The lowest BCUT2D eigenvalue weighted by Gasteiger charge is -2.19. The van der Waals surface area contributed by atoms with Crippen molar-refractivity contribution in [3.05, 3.63) is 134 Å². The van der Waals surface area contributed by atoms with Crippen LogP contribution in [-0.2, 0) is 32.7 Å². The fraction of sp³-hybridized carbons (Fsp3) is 0.704. The summed E-state index contributed by atoms with van der Waals surface area (Å²) in [5.74, 6) is -0.862. The molecule has 2 atom stereocenters. The second-order valence-electron chi connectivity index (χ2n) is 24.8. The van der Waals surface area contributed by atoms with Crippen molar-refractivity contribution in [2.75, 3.05) is 26.4 Å². The van der Waals surface area contributed by atoms with Gasteiger partial charge in [-0.05, 0) is 96.3 Å². The van der Waals surface area contributed by atoms with Gasteiger partial charge < -0.3 is 20.1 Å². The number of phosphoric acid groups is 1. The first-order chi connectivity index (χ1) is 44.8. The van der Waals surface area contributed by atoms with E-state index in [0.29, 0.717) is 6.42 Å². The number of esters is 2. The lowest BCUT2D eigenvalue weighted by Crippen LogP contribution is -2.29. The average Bonchev–Trinajstić information content (AvgIpc) is 3.74. The number of allylic oxidation sites excluding steroid dienone is 22. The van der Waals surface area contributed by atoms with Crippen molar-refractivity contribution in [2.45, 2.75) is 341 Å². The van der Waals surface area contributed by atoms with Crippen molar-refractivity contribution in [2.24, 2.45) is 5.73 Å². The van der Waals surface area contributed by atoms with Crippen molar-refractivity contribution in [3.63, 3.8) is 0 Å². The Balaban J connectivity index is 3.95. The van der Waals surface area contributed by atoms with Gasteiger partial charge in [0, 0.05) is 19.4 Å². The number of carbonyl (C=O) groups excluding carboxylic acids is 2. The van der Waals surface area contributed by atoms with Crippen LogP contribution in [0.5, 0.6) is 0 Å². The molecule has 0 amide bonds. The van der Waals surface area contributed by atoms with Crippen molar-refractivity contribution in [1.29, 1.82) is 0 Å². The molecule has 0 spiro atoms. The number of phosphoric ester groups is 1. The van der Waals surface area contributed by atoms with E-state index in [1.165, 1.54) is 193 Å². The Hall–Kier alpha value is -3.85. The van der Waals surface area contributed by atoms with Gasteiger partial charge in [0.25, 0.3) is 0 Å². The summed E-state index contributed by atoms with van der Waals surface area (Å²) < 4.78 is 33.2. The fourth-order valence-electron chi connectivity index (χ4n) is 10.5. The highest BCUT2D eigenvalue weighted by molar-refractivity contribution is 7.47. The van der Waals surface area contributed by atoms with Gasteiger partial charge >= 0.3 is 19.8 Å². The quantitative estimate of drug-likeness (QED) is 0.0264. The van der Waals surface area contributed by atoms with Gasteiger partial charge in [-0.1, -0.05) is 359 Å². The molecule has 0 saturated carbocycles. The molecule has 0 aromatic rings.